The molecular formula is C12H13F3N6O. The van der Waals surface area contributed by atoms with Crippen LogP contribution >= 0.6 is 0 Å². The van der Waals surface area contributed by atoms with E-state index in [0.29, 0.717) is 11.2 Å². The molecule has 1 heterocycles. The van der Waals surface area contributed by atoms with Crippen LogP contribution in [0.3, 0.4) is 0 Å². The molecule has 0 spiro atoms. The zero-order chi connectivity index (χ0) is 16.3. The van der Waals surface area contributed by atoms with E-state index >= 15 is 0 Å². The van der Waals surface area contributed by atoms with Crippen molar-refractivity contribution in [3.05, 3.63) is 35.0 Å². The van der Waals surface area contributed by atoms with E-state index in [1.54, 1.807) is 7.05 Å². The number of anilines is 4. The molecule has 0 bridgehead atoms. The van der Waals surface area contributed by atoms with Crippen molar-refractivity contribution in [1.29, 1.82) is 0 Å². The fourth-order valence-corrected chi connectivity index (χ4v) is 1.76. The second-order valence-electron chi connectivity index (χ2n) is 4.26. The Hall–Kier alpha value is -2.59. The van der Waals surface area contributed by atoms with Crippen LogP contribution in [0.1, 0.15) is 5.56 Å². The first kappa shape index (κ1) is 15.8. The molecule has 0 radical (unpaired) electrons. The second-order valence-corrected chi connectivity index (χ2v) is 4.26. The quantitative estimate of drug-likeness (QED) is 0.637. The third kappa shape index (κ3) is 3.35. The molecule has 1 aromatic carbocycles. The zero-order valence-corrected chi connectivity index (χ0v) is 11.4. The maximum absolute atomic E-state index is 12.5. The smallest absolute Gasteiger partial charge is 0.416 e. The normalized spacial score (nSPS) is 11.3. The topological polar surface area (TPSA) is 116 Å². The molecule has 2 aromatic rings. The van der Waals surface area contributed by atoms with Gasteiger partial charge in [-0.05, 0) is 24.3 Å². The lowest BCUT2D eigenvalue weighted by molar-refractivity contribution is -0.495. The molecule has 0 aliphatic heterocycles. The predicted octanol–water partition coefficient (Wildman–Crippen LogP) is 1.56. The van der Waals surface area contributed by atoms with Gasteiger partial charge in [0.1, 0.15) is 0 Å². The molecular weight excluding hydrogens is 301 g/mol. The van der Waals surface area contributed by atoms with Crippen LogP contribution < -0.4 is 21.8 Å². The lowest BCUT2D eigenvalue weighted by Crippen LogP contribution is -2.70. The van der Waals surface area contributed by atoms with Crippen molar-refractivity contribution in [3.63, 3.8) is 0 Å². The van der Waals surface area contributed by atoms with Gasteiger partial charge in [0.2, 0.25) is 11.6 Å². The van der Waals surface area contributed by atoms with Crippen LogP contribution in [0, 0.1) is 5.21 Å². The highest BCUT2D eigenvalue weighted by atomic mass is 19.4. The maximum Gasteiger partial charge on any atom is 0.416 e. The van der Waals surface area contributed by atoms with Gasteiger partial charge >= 0.3 is 6.18 Å². The van der Waals surface area contributed by atoms with E-state index in [4.69, 9.17) is 5.73 Å². The summed E-state index contributed by atoms with van der Waals surface area (Å²) < 4.78 is 37.5. The number of quaternary nitrogens is 1. The third-order valence-electron chi connectivity index (χ3n) is 2.79. The summed E-state index contributed by atoms with van der Waals surface area (Å²) in [7, 11) is 1.55. The second kappa shape index (κ2) is 6.03. The summed E-state index contributed by atoms with van der Waals surface area (Å²) in [5, 5.41) is 16.6. The first-order valence-corrected chi connectivity index (χ1v) is 6.10. The molecule has 10 heteroatoms. The Bertz CT molecular complexity index is 659. The minimum Gasteiger partial charge on any atom is -0.630 e. The first-order valence-electron chi connectivity index (χ1n) is 6.10. The average Bonchev–Trinajstić information content (AvgIpc) is 2.46. The fourth-order valence-electron chi connectivity index (χ4n) is 1.76. The Morgan fingerprint density at radius 2 is 1.73 bits per heavy atom. The van der Waals surface area contributed by atoms with E-state index < -0.39 is 11.7 Å². The van der Waals surface area contributed by atoms with Crippen LogP contribution in [0.5, 0.6) is 0 Å². The minimum atomic E-state index is -4.41. The number of aromatic nitrogens is 2. The molecule has 0 fully saturated rings. The van der Waals surface area contributed by atoms with Crippen LogP contribution in [-0.4, -0.2) is 17.0 Å². The molecule has 6 N–H and O–H groups in total. The molecule has 0 unspecified atom stereocenters. The Labute approximate surface area is 123 Å². The number of nitrogens with zero attached hydrogens (tertiary/aromatic N) is 2. The van der Waals surface area contributed by atoms with Gasteiger partial charge in [-0.1, -0.05) is 0 Å². The Morgan fingerprint density at radius 1 is 1.14 bits per heavy atom. The van der Waals surface area contributed by atoms with Crippen molar-refractivity contribution in [2.45, 2.75) is 6.18 Å². The molecule has 0 saturated carbocycles. The van der Waals surface area contributed by atoms with Gasteiger partial charge in [-0.2, -0.15) is 23.1 Å². The van der Waals surface area contributed by atoms with Crippen LogP contribution in [0.25, 0.3) is 0 Å². The summed E-state index contributed by atoms with van der Waals surface area (Å²) in [6, 6.07) is 4.31. The Morgan fingerprint density at radius 3 is 2.23 bits per heavy atom. The number of rotatable bonds is 4. The number of nitrogen functional groups attached to an aromatic ring is 1. The van der Waals surface area contributed by atoms with E-state index in [1.807, 2.05) is 0 Å². The van der Waals surface area contributed by atoms with Gasteiger partial charge < -0.3 is 27.1 Å². The van der Waals surface area contributed by atoms with Gasteiger partial charge in [0.05, 0.1) is 5.56 Å². The maximum atomic E-state index is 12.5. The molecule has 118 valence electrons. The number of benzene rings is 1. The van der Waals surface area contributed by atoms with Crippen molar-refractivity contribution in [2.24, 2.45) is 0 Å². The molecule has 1 aromatic heterocycles. The number of alkyl halides is 3. The van der Waals surface area contributed by atoms with Crippen molar-refractivity contribution < 1.29 is 18.7 Å². The van der Waals surface area contributed by atoms with Gasteiger partial charge in [-0.25, -0.2) is 0 Å². The number of nitrogens with one attached hydrogen (secondary N) is 2. The molecule has 0 aliphatic carbocycles. The monoisotopic (exact) mass is 314 g/mol. The third-order valence-corrected chi connectivity index (χ3v) is 2.79. The van der Waals surface area contributed by atoms with Gasteiger partial charge in [0.15, 0.2) is 11.6 Å². The van der Waals surface area contributed by atoms with Gasteiger partial charge in [-0.15, -0.1) is 0 Å². The molecule has 7 nitrogen and oxygen atoms in total. The number of hydrogen-bond acceptors (Lipinski definition) is 6. The van der Waals surface area contributed by atoms with Gasteiger partial charge in [-0.3, -0.25) is 0 Å². The summed E-state index contributed by atoms with van der Waals surface area (Å²) in [5.41, 5.74) is 5.73. The SMILES string of the molecule is CNc1nc(N)nc(Nc2ccc(C(F)(F)F)cc2)c1[NH2+][O-]. The number of hydrogen-bond donors (Lipinski definition) is 4. The first-order chi connectivity index (χ1) is 10.3. The van der Waals surface area contributed by atoms with E-state index in [0.717, 1.165) is 12.1 Å². The highest BCUT2D eigenvalue weighted by molar-refractivity contribution is 5.74. The Kier molecular flexibility index (Phi) is 4.33. The van der Waals surface area contributed by atoms with Gasteiger partial charge in [0, 0.05) is 12.7 Å². The van der Waals surface area contributed by atoms with Gasteiger partial charge in [0.25, 0.3) is 0 Å². The van der Waals surface area contributed by atoms with Crippen molar-refractivity contribution in [2.75, 3.05) is 23.4 Å². The largest absolute Gasteiger partial charge is 0.630 e. The molecule has 0 atom stereocenters. The lowest BCUT2D eigenvalue weighted by Gasteiger charge is -2.14. The predicted molar refractivity (Wildman–Crippen MR) is 75.7 cm³/mol. The summed E-state index contributed by atoms with van der Waals surface area (Å²) in [6.07, 6.45) is -4.41. The average molecular weight is 314 g/mol. The number of nitrogens with two attached hydrogens (primary N) is 2. The van der Waals surface area contributed by atoms with Crippen molar-refractivity contribution in [3.8, 4) is 0 Å². The summed E-state index contributed by atoms with van der Waals surface area (Å²) in [5.74, 6) is 0.243. The summed E-state index contributed by atoms with van der Waals surface area (Å²) >= 11 is 0. The van der Waals surface area contributed by atoms with Crippen LogP contribution in [0.4, 0.5) is 42.1 Å². The van der Waals surface area contributed by atoms with E-state index in [2.05, 4.69) is 20.6 Å². The highest BCUT2D eigenvalue weighted by Gasteiger charge is 2.30. The Balaban J connectivity index is 2.33. The zero-order valence-electron chi connectivity index (χ0n) is 11.4. The summed E-state index contributed by atoms with van der Waals surface area (Å²) in [4.78, 5) is 7.73. The van der Waals surface area contributed by atoms with Crippen LogP contribution in [0.15, 0.2) is 24.3 Å². The lowest BCUT2D eigenvalue weighted by atomic mass is 10.2. The molecule has 22 heavy (non-hydrogen) atoms. The fraction of sp³-hybridized carbons (Fsp3) is 0.167. The van der Waals surface area contributed by atoms with E-state index in [9.17, 15) is 18.4 Å². The molecule has 0 saturated heterocycles. The van der Waals surface area contributed by atoms with Crippen molar-refractivity contribution in [1.82, 2.24) is 9.97 Å². The summed E-state index contributed by atoms with van der Waals surface area (Å²) in [6.45, 7) is 0. The van der Waals surface area contributed by atoms with E-state index in [1.165, 1.54) is 12.1 Å². The highest BCUT2D eigenvalue weighted by Crippen LogP contribution is 2.31. The van der Waals surface area contributed by atoms with Crippen molar-refractivity contribution >= 4 is 29.0 Å². The minimum absolute atomic E-state index is 0.0793. The van der Waals surface area contributed by atoms with Crippen LogP contribution in [0.2, 0.25) is 0 Å². The van der Waals surface area contributed by atoms with E-state index in [-0.39, 0.29) is 23.3 Å². The molecule has 0 aliphatic rings. The van der Waals surface area contributed by atoms with Crippen LogP contribution in [-0.2, 0) is 6.18 Å². The molecule has 0 amide bonds. The number of halogens is 3. The molecule has 2 rings (SSSR count). The standard InChI is InChI=1S/C12H13F3N6O/c1-17-9-8(21-22)10(20-11(16)19-9)18-7-4-2-6(3-5-7)12(13,14)15/h2-5H,21H2,1H3,(H4,16,17,18,19,20).